The highest BCUT2D eigenvalue weighted by Crippen LogP contribution is 2.20. The van der Waals surface area contributed by atoms with Gasteiger partial charge in [-0.25, -0.2) is 4.39 Å². The molecule has 1 amide bonds. The number of primary amides is 1. The number of carbonyl (C=O) groups is 1. The van der Waals surface area contributed by atoms with Crippen molar-refractivity contribution in [3.05, 3.63) is 24.0 Å². The highest BCUT2D eigenvalue weighted by atomic mass is 19.1. The van der Waals surface area contributed by atoms with E-state index < -0.39 is 17.8 Å². The summed E-state index contributed by atoms with van der Waals surface area (Å²) in [5.74, 6) is -0.884. The molecule has 1 rings (SSSR count). The fourth-order valence-electron chi connectivity index (χ4n) is 1.21. The van der Waals surface area contributed by atoms with Gasteiger partial charge in [-0.05, 0) is 19.1 Å². The van der Waals surface area contributed by atoms with Crippen LogP contribution in [-0.2, 0) is 4.79 Å². The van der Waals surface area contributed by atoms with Gasteiger partial charge in [-0.3, -0.25) is 4.79 Å². The van der Waals surface area contributed by atoms with Crippen LogP contribution in [0.25, 0.3) is 0 Å². The quantitative estimate of drug-likeness (QED) is 0.674. The second-order valence-electron chi connectivity index (χ2n) is 3.47. The topological polar surface area (TPSA) is 90.4 Å². The molecule has 0 radical (unpaired) electrons. The molecule has 17 heavy (non-hydrogen) atoms. The van der Waals surface area contributed by atoms with Gasteiger partial charge >= 0.3 is 0 Å². The minimum Gasteiger partial charge on any atom is -0.491 e. The number of nitrogens with one attached hydrogen (secondary N) is 1. The number of ether oxygens (including phenoxy) is 1. The normalized spacial score (nSPS) is 11.9. The van der Waals surface area contributed by atoms with Gasteiger partial charge in [-0.2, -0.15) is 0 Å². The molecule has 1 aromatic rings. The van der Waals surface area contributed by atoms with Crippen molar-refractivity contribution in [2.24, 2.45) is 11.5 Å². The molecule has 0 spiro atoms. The number of halogens is 1. The number of rotatable bonds is 6. The summed E-state index contributed by atoms with van der Waals surface area (Å²) < 4.78 is 18.5. The zero-order chi connectivity index (χ0) is 12.8. The van der Waals surface area contributed by atoms with Crippen LogP contribution in [0.1, 0.15) is 6.92 Å². The standard InChI is InChI=1S/C11H16FN3O2/c1-2-17-10-4-3-7(5-8(10)12)15-6-9(13)11(14)16/h3-5,9,15H,2,6,13H2,1H3,(H2,14,16). The van der Waals surface area contributed by atoms with Gasteiger partial charge < -0.3 is 21.5 Å². The van der Waals surface area contributed by atoms with Crippen molar-refractivity contribution in [1.82, 2.24) is 0 Å². The van der Waals surface area contributed by atoms with Crippen molar-refractivity contribution in [1.29, 1.82) is 0 Å². The van der Waals surface area contributed by atoms with Crippen LogP contribution >= 0.6 is 0 Å². The number of hydrogen-bond acceptors (Lipinski definition) is 4. The molecule has 6 heteroatoms. The second kappa shape index (κ2) is 6.05. The summed E-state index contributed by atoms with van der Waals surface area (Å²) >= 11 is 0. The van der Waals surface area contributed by atoms with Gasteiger partial charge in [0.25, 0.3) is 0 Å². The van der Waals surface area contributed by atoms with Crippen molar-refractivity contribution < 1.29 is 13.9 Å². The Hall–Kier alpha value is -1.82. The van der Waals surface area contributed by atoms with E-state index in [9.17, 15) is 9.18 Å². The van der Waals surface area contributed by atoms with E-state index in [0.29, 0.717) is 12.3 Å². The number of amides is 1. The molecule has 0 heterocycles. The van der Waals surface area contributed by atoms with Gasteiger partial charge in [-0.15, -0.1) is 0 Å². The molecule has 1 unspecified atom stereocenters. The van der Waals surface area contributed by atoms with Crippen LogP contribution in [0.4, 0.5) is 10.1 Å². The highest BCUT2D eigenvalue weighted by molar-refractivity contribution is 5.80. The van der Waals surface area contributed by atoms with Crippen molar-refractivity contribution in [2.45, 2.75) is 13.0 Å². The Kier molecular flexibility index (Phi) is 4.71. The van der Waals surface area contributed by atoms with E-state index in [-0.39, 0.29) is 12.3 Å². The minimum atomic E-state index is -0.801. The Morgan fingerprint density at radius 3 is 2.82 bits per heavy atom. The maximum absolute atomic E-state index is 13.4. The van der Waals surface area contributed by atoms with Gasteiger partial charge in [0, 0.05) is 18.3 Å². The Labute approximate surface area is 98.9 Å². The predicted octanol–water partition coefficient (Wildman–Crippen LogP) is 0.449. The van der Waals surface area contributed by atoms with E-state index in [2.05, 4.69) is 5.32 Å². The average Bonchev–Trinajstić information content (AvgIpc) is 2.29. The first-order valence-corrected chi connectivity index (χ1v) is 5.25. The molecule has 94 valence electrons. The van der Waals surface area contributed by atoms with Gasteiger partial charge in [0.2, 0.25) is 5.91 Å². The third-order valence-electron chi connectivity index (χ3n) is 2.12. The molecule has 5 nitrogen and oxygen atoms in total. The maximum atomic E-state index is 13.4. The maximum Gasteiger partial charge on any atom is 0.236 e. The lowest BCUT2D eigenvalue weighted by atomic mass is 10.2. The van der Waals surface area contributed by atoms with Gasteiger partial charge in [-0.1, -0.05) is 0 Å². The molecule has 0 fully saturated rings. The van der Waals surface area contributed by atoms with Gasteiger partial charge in [0.05, 0.1) is 6.61 Å². The van der Waals surface area contributed by atoms with Crippen LogP contribution in [0.5, 0.6) is 5.75 Å². The molecule has 5 N–H and O–H groups in total. The van der Waals surface area contributed by atoms with Crippen LogP contribution in [-0.4, -0.2) is 25.1 Å². The molecule has 0 saturated heterocycles. The summed E-state index contributed by atoms with van der Waals surface area (Å²) in [5.41, 5.74) is 10.9. The van der Waals surface area contributed by atoms with E-state index in [1.165, 1.54) is 12.1 Å². The molecule has 0 aromatic heterocycles. The summed E-state index contributed by atoms with van der Waals surface area (Å²) in [5, 5.41) is 2.81. The van der Waals surface area contributed by atoms with E-state index in [1.807, 2.05) is 0 Å². The van der Waals surface area contributed by atoms with E-state index in [1.54, 1.807) is 13.0 Å². The third-order valence-corrected chi connectivity index (χ3v) is 2.12. The number of anilines is 1. The second-order valence-corrected chi connectivity index (χ2v) is 3.47. The van der Waals surface area contributed by atoms with Gasteiger partial charge in [0.1, 0.15) is 6.04 Å². The zero-order valence-electron chi connectivity index (χ0n) is 9.57. The van der Waals surface area contributed by atoms with Crippen molar-refractivity contribution in [2.75, 3.05) is 18.5 Å². The van der Waals surface area contributed by atoms with E-state index in [4.69, 9.17) is 16.2 Å². The van der Waals surface area contributed by atoms with Crippen LogP contribution in [0.3, 0.4) is 0 Å². The number of nitrogens with two attached hydrogens (primary N) is 2. The first-order chi connectivity index (χ1) is 8.04. The summed E-state index contributed by atoms with van der Waals surface area (Å²) in [4.78, 5) is 10.7. The lowest BCUT2D eigenvalue weighted by molar-refractivity contribution is -0.118. The smallest absolute Gasteiger partial charge is 0.236 e. The molecule has 0 aliphatic rings. The van der Waals surface area contributed by atoms with Crippen molar-refractivity contribution >= 4 is 11.6 Å². The van der Waals surface area contributed by atoms with Crippen LogP contribution in [0, 0.1) is 5.82 Å². The fraction of sp³-hybridized carbons (Fsp3) is 0.364. The molecule has 1 atom stereocenters. The summed E-state index contributed by atoms with van der Waals surface area (Å²) in [6, 6.07) is 3.63. The fourth-order valence-corrected chi connectivity index (χ4v) is 1.21. The average molecular weight is 241 g/mol. The van der Waals surface area contributed by atoms with Crippen LogP contribution in [0.2, 0.25) is 0 Å². The molecule has 0 bridgehead atoms. The van der Waals surface area contributed by atoms with Crippen LogP contribution < -0.4 is 21.5 Å². The Morgan fingerprint density at radius 1 is 1.59 bits per heavy atom. The first kappa shape index (κ1) is 13.2. The van der Waals surface area contributed by atoms with Crippen molar-refractivity contribution in [3.8, 4) is 5.75 Å². The summed E-state index contributed by atoms with van der Waals surface area (Å²) in [7, 11) is 0. The molecular weight excluding hydrogens is 225 g/mol. The molecule has 1 aromatic carbocycles. The van der Waals surface area contributed by atoms with Crippen molar-refractivity contribution in [3.63, 3.8) is 0 Å². The Balaban J connectivity index is 2.61. The highest BCUT2D eigenvalue weighted by Gasteiger charge is 2.09. The lowest BCUT2D eigenvalue weighted by Crippen LogP contribution is -2.41. The third kappa shape index (κ3) is 3.92. The largest absolute Gasteiger partial charge is 0.491 e. The minimum absolute atomic E-state index is 0.156. The first-order valence-electron chi connectivity index (χ1n) is 5.25. The number of carbonyl (C=O) groups excluding carboxylic acids is 1. The predicted molar refractivity (Wildman–Crippen MR) is 63.2 cm³/mol. The monoisotopic (exact) mass is 241 g/mol. The molecule has 0 saturated carbocycles. The Morgan fingerprint density at radius 2 is 2.29 bits per heavy atom. The Bertz CT molecular complexity index is 398. The summed E-state index contributed by atoms with van der Waals surface area (Å²) in [6.45, 7) is 2.33. The summed E-state index contributed by atoms with van der Waals surface area (Å²) in [6.07, 6.45) is 0. The SMILES string of the molecule is CCOc1ccc(NCC(N)C(N)=O)cc1F. The molecule has 0 aliphatic carbocycles. The molecular formula is C11H16FN3O2. The zero-order valence-corrected chi connectivity index (χ0v) is 9.57. The number of hydrogen-bond donors (Lipinski definition) is 3. The lowest BCUT2D eigenvalue weighted by Gasteiger charge is -2.11. The van der Waals surface area contributed by atoms with Gasteiger partial charge in [0.15, 0.2) is 11.6 Å². The van der Waals surface area contributed by atoms with E-state index >= 15 is 0 Å². The number of benzene rings is 1. The van der Waals surface area contributed by atoms with Crippen LogP contribution in [0.15, 0.2) is 18.2 Å². The molecule has 0 aliphatic heterocycles. The van der Waals surface area contributed by atoms with E-state index in [0.717, 1.165) is 0 Å².